The van der Waals surface area contributed by atoms with Gasteiger partial charge >= 0.3 is 5.97 Å². The molecule has 0 fully saturated rings. The van der Waals surface area contributed by atoms with E-state index in [1.165, 1.54) is 18.1 Å². The lowest BCUT2D eigenvalue weighted by molar-refractivity contribution is -0.148. The Morgan fingerprint density at radius 2 is 1.88 bits per heavy atom. The number of carbonyl (C=O) groups excluding carboxylic acids is 1. The second-order valence-electron chi connectivity index (χ2n) is 6.32. The SMILES string of the molecule is CC(=O)O[C@H](COc1ccc(Br)cc1)Cn1cnc2cc(C)c(C)cc21. The lowest BCUT2D eigenvalue weighted by Gasteiger charge is -2.19. The van der Waals surface area contributed by atoms with Crippen molar-refractivity contribution in [1.82, 2.24) is 9.55 Å². The number of ether oxygens (including phenoxy) is 2. The summed E-state index contributed by atoms with van der Waals surface area (Å²) in [5, 5.41) is 0. The molecule has 1 aromatic heterocycles. The molecule has 0 bridgehead atoms. The lowest BCUT2D eigenvalue weighted by atomic mass is 10.1. The number of hydrogen-bond donors (Lipinski definition) is 0. The molecule has 0 amide bonds. The molecule has 136 valence electrons. The summed E-state index contributed by atoms with van der Waals surface area (Å²) in [4.78, 5) is 15.9. The summed E-state index contributed by atoms with van der Waals surface area (Å²) < 4.78 is 14.2. The second-order valence-corrected chi connectivity index (χ2v) is 7.23. The fourth-order valence-corrected chi connectivity index (χ4v) is 3.02. The van der Waals surface area contributed by atoms with Gasteiger partial charge in [-0.1, -0.05) is 15.9 Å². The van der Waals surface area contributed by atoms with Crippen LogP contribution in [0, 0.1) is 13.8 Å². The molecule has 0 saturated heterocycles. The molecular weight excluding hydrogens is 396 g/mol. The molecule has 5 nitrogen and oxygen atoms in total. The maximum Gasteiger partial charge on any atom is 0.303 e. The number of aryl methyl sites for hydroxylation is 2. The van der Waals surface area contributed by atoms with E-state index in [2.05, 4.69) is 46.9 Å². The highest BCUT2D eigenvalue weighted by Gasteiger charge is 2.16. The minimum atomic E-state index is -0.407. The Labute approximate surface area is 161 Å². The van der Waals surface area contributed by atoms with Crippen LogP contribution in [0.25, 0.3) is 11.0 Å². The number of imidazole rings is 1. The molecule has 6 heteroatoms. The third kappa shape index (κ3) is 4.43. The van der Waals surface area contributed by atoms with E-state index in [9.17, 15) is 4.79 Å². The van der Waals surface area contributed by atoms with Crippen molar-refractivity contribution in [2.45, 2.75) is 33.4 Å². The number of esters is 1. The standard InChI is InChI=1S/C20H21BrN2O3/c1-13-8-19-20(9-14(13)2)23(12-22-19)10-18(26-15(3)24)11-25-17-6-4-16(21)5-7-17/h4-9,12,18H,10-11H2,1-3H3/t18-/m0/s1. The minimum absolute atomic E-state index is 0.270. The number of carbonyl (C=O) groups is 1. The largest absolute Gasteiger partial charge is 0.490 e. The first kappa shape index (κ1) is 18.5. The van der Waals surface area contributed by atoms with Crippen molar-refractivity contribution < 1.29 is 14.3 Å². The number of fused-ring (bicyclic) bond motifs is 1. The van der Waals surface area contributed by atoms with Crippen LogP contribution in [0.15, 0.2) is 47.2 Å². The molecule has 0 radical (unpaired) electrons. The van der Waals surface area contributed by atoms with Crippen LogP contribution in [0.4, 0.5) is 0 Å². The van der Waals surface area contributed by atoms with E-state index in [1.54, 1.807) is 6.33 Å². The van der Waals surface area contributed by atoms with Crippen molar-refractivity contribution in [3.8, 4) is 5.75 Å². The Morgan fingerprint density at radius 1 is 1.19 bits per heavy atom. The van der Waals surface area contributed by atoms with E-state index in [0.717, 1.165) is 21.3 Å². The van der Waals surface area contributed by atoms with E-state index in [1.807, 2.05) is 28.8 Å². The monoisotopic (exact) mass is 416 g/mol. The molecule has 0 aliphatic rings. The highest BCUT2D eigenvalue weighted by Crippen LogP contribution is 2.20. The maximum atomic E-state index is 11.5. The molecule has 3 aromatic rings. The van der Waals surface area contributed by atoms with Gasteiger partial charge < -0.3 is 14.0 Å². The Kier molecular flexibility index (Phi) is 5.61. The quantitative estimate of drug-likeness (QED) is 0.557. The first-order valence-electron chi connectivity index (χ1n) is 8.40. The number of benzene rings is 2. The van der Waals surface area contributed by atoms with Crippen LogP contribution in [-0.2, 0) is 16.1 Å². The molecule has 26 heavy (non-hydrogen) atoms. The predicted octanol–water partition coefficient (Wildman–Crippen LogP) is 4.43. The minimum Gasteiger partial charge on any atom is -0.490 e. The number of hydrogen-bond acceptors (Lipinski definition) is 4. The third-order valence-corrected chi connectivity index (χ3v) is 4.75. The van der Waals surface area contributed by atoms with Gasteiger partial charge in [-0.05, 0) is 61.4 Å². The van der Waals surface area contributed by atoms with Gasteiger partial charge in [0.1, 0.15) is 12.4 Å². The van der Waals surface area contributed by atoms with Gasteiger partial charge in [0.05, 0.1) is 23.9 Å². The van der Waals surface area contributed by atoms with Gasteiger partial charge in [-0.15, -0.1) is 0 Å². The van der Waals surface area contributed by atoms with E-state index < -0.39 is 6.10 Å². The molecule has 0 aliphatic heterocycles. The summed E-state index contributed by atoms with van der Waals surface area (Å²) in [5.41, 5.74) is 4.37. The summed E-state index contributed by atoms with van der Waals surface area (Å²) in [6.45, 7) is 6.31. The summed E-state index contributed by atoms with van der Waals surface area (Å²) >= 11 is 3.40. The Morgan fingerprint density at radius 3 is 2.58 bits per heavy atom. The van der Waals surface area contributed by atoms with Crippen molar-refractivity contribution in [1.29, 1.82) is 0 Å². The van der Waals surface area contributed by atoms with Crippen LogP contribution in [0.3, 0.4) is 0 Å². The van der Waals surface area contributed by atoms with Gasteiger partial charge in [0.25, 0.3) is 0 Å². The summed E-state index contributed by atoms with van der Waals surface area (Å²) in [5.74, 6) is 0.401. The topological polar surface area (TPSA) is 53.4 Å². The number of nitrogens with zero attached hydrogens (tertiary/aromatic N) is 2. The van der Waals surface area contributed by atoms with Crippen molar-refractivity contribution in [3.63, 3.8) is 0 Å². The summed E-state index contributed by atoms with van der Waals surface area (Å²) in [6, 6.07) is 11.7. The van der Waals surface area contributed by atoms with Gasteiger partial charge in [0.15, 0.2) is 6.10 Å². The zero-order valence-corrected chi connectivity index (χ0v) is 16.6. The molecule has 0 saturated carbocycles. The Hall–Kier alpha value is -2.34. The van der Waals surface area contributed by atoms with E-state index in [0.29, 0.717) is 6.54 Å². The van der Waals surface area contributed by atoms with Crippen LogP contribution in [0.2, 0.25) is 0 Å². The fraction of sp³-hybridized carbons (Fsp3) is 0.300. The van der Waals surface area contributed by atoms with Crippen LogP contribution in [-0.4, -0.2) is 28.2 Å². The van der Waals surface area contributed by atoms with Crippen molar-refractivity contribution >= 4 is 32.9 Å². The number of aromatic nitrogens is 2. The Balaban J connectivity index is 1.76. The molecule has 0 spiro atoms. The highest BCUT2D eigenvalue weighted by molar-refractivity contribution is 9.10. The van der Waals surface area contributed by atoms with Crippen LogP contribution in [0.5, 0.6) is 5.75 Å². The zero-order chi connectivity index (χ0) is 18.7. The van der Waals surface area contributed by atoms with Crippen molar-refractivity contribution in [2.75, 3.05) is 6.61 Å². The predicted molar refractivity (Wildman–Crippen MR) is 104 cm³/mol. The highest BCUT2D eigenvalue weighted by atomic mass is 79.9. The maximum absolute atomic E-state index is 11.5. The zero-order valence-electron chi connectivity index (χ0n) is 15.0. The molecule has 0 unspecified atom stereocenters. The second kappa shape index (κ2) is 7.91. The molecule has 1 heterocycles. The van der Waals surface area contributed by atoms with E-state index in [4.69, 9.17) is 9.47 Å². The Bertz CT molecular complexity index is 919. The van der Waals surface area contributed by atoms with Gasteiger partial charge in [0, 0.05) is 11.4 Å². The first-order chi connectivity index (χ1) is 12.4. The molecule has 2 aromatic carbocycles. The van der Waals surface area contributed by atoms with E-state index >= 15 is 0 Å². The van der Waals surface area contributed by atoms with Crippen LogP contribution < -0.4 is 4.74 Å². The normalized spacial score (nSPS) is 12.2. The summed E-state index contributed by atoms with van der Waals surface area (Å²) in [7, 11) is 0. The third-order valence-electron chi connectivity index (χ3n) is 4.22. The smallest absolute Gasteiger partial charge is 0.303 e. The number of rotatable bonds is 6. The van der Waals surface area contributed by atoms with Crippen molar-refractivity contribution in [2.24, 2.45) is 0 Å². The molecule has 0 aliphatic carbocycles. The lowest BCUT2D eigenvalue weighted by Crippen LogP contribution is -2.28. The van der Waals surface area contributed by atoms with Crippen molar-refractivity contribution in [3.05, 3.63) is 58.3 Å². The van der Waals surface area contributed by atoms with Crippen LogP contribution >= 0.6 is 15.9 Å². The molecular formula is C20H21BrN2O3. The molecule has 0 N–H and O–H groups in total. The van der Waals surface area contributed by atoms with Gasteiger partial charge in [0.2, 0.25) is 0 Å². The molecule has 3 rings (SSSR count). The average molecular weight is 417 g/mol. The summed E-state index contributed by atoms with van der Waals surface area (Å²) in [6.07, 6.45) is 1.37. The van der Waals surface area contributed by atoms with Gasteiger partial charge in [-0.3, -0.25) is 4.79 Å². The fourth-order valence-electron chi connectivity index (χ4n) is 2.76. The van der Waals surface area contributed by atoms with E-state index in [-0.39, 0.29) is 12.6 Å². The van der Waals surface area contributed by atoms with Gasteiger partial charge in [-0.2, -0.15) is 0 Å². The van der Waals surface area contributed by atoms with Crippen LogP contribution in [0.1, 0.15) is 18.1 Å². The average Bonchev–Trinajstić information content (AvgIpc) is 2.96. The first-order valence-corrected chi connectivity index (χ1v) is 9.19. The van der Waals surface area contributed by atoms with Gasteiger partial charge in [-0.25, -0.2) is 4.98 Å². The number of halogens is 1. The molecule has 1 atom stereocenters.